The molecule has 15 heteroatoms. The van der Waals surface area contributed by atoms with Gasteiger partial charge in [-0.05, 0) is 29.8 Å². The second-order valence-electron chi connectivity index (χ2n) is 8.14. The van der Waals surface area contributed by atoms with Crippen molar-refractivity contribution >= 4 is 37.8 Å². The van der Waals surface area contributed by atoms with E-state index in [-0.39, 0.29) is 45.6 Å². The number of fused-ring (bicyclic) bond motifs is 2. The summed E-state index contributed by atoms with van der Waals surface area (Å²) in [5.41, 5.74) is 0.0671. The Morgan fingerprint density at radius 1 is 0.778 bits per heavy atom. The van der Waals surface area contributed by atoms with Gasteiger partial charge in [-0.1, -0.05) is 12.1 Å². The van der Waals surface area contributed by atoms with Crippen LogP contribution in [0, 0.1) is 20.2 Å². The zero-order valence-electron chi connectivity index (χ0n) is 18.7. The van der Waals surface area contributed by atoms with Gasteiger partial charge in [-0.3, -0.25) is 38.7 Å². The Hall–Kier alpha value is -4.08. The van der Waals surface area contributed by atoms with Crippen molar-refractivity contribution in [1.82, 2.24) is 0 Å². The molecule has 3 aromatic carbocycles. The minimum Gasteiger partial charge on any atom is -0.508 e. The average Bonchev–Trinajstić information content (AvgIpc) is 3.24. The number of nitro groups is 2. The van der Waals surface area contributed by atoms with Gasteiger partial charge >= 0.3 is 15.0 Å². The van der Waals surface area contributed by atoms with Crippen molar-refractivity contribution in [1.29, 1.82) is 0 Å². The minimum absolute atomic E-state index is 0.0896. The highest BCUT2D eigenvalue weighted by molar-refractivity contribution is 7.79. The normalized spacial score (nSPS) is 22.8. The van der Waals surface area contributed by atoms with Crippen molar-refractivity contribution in [2.24, 2.45) is 0 Å². The minimum atomic E-state index is -4.19. The molecule has 2 heterocycles. The molecule has 2 aliphatic rings. The van der Waals surface area contributed by atoms with Crippen LogP contribution in [0.25, 0.3) is 0 Å². The van der Waals surface area contributed by atoms with Gasteiger partial charge in [-0.25, -0.2) is 0 Å². The predicted octanol–water partition coefficient (Wildman–Crippen LogP) is 5.65. The molecule has 0 radical (unpaired) electrons. The molecule has 13 nitrogen and oxygen atoms in total. The molecule has 5 rings (SSSR count). The van der Waals surface area contributed by atoms with Crippen LogP contribution in [0.1, 0.15) is 11.0 Å². The van der Waals surface area contributed by atoms with E-state index in [0.29, 0.717) is 0 Å². The molecular weight excluding hydrogens is 514 g/mol. The summed E-state index contributed by atoms with van der Waals surface area (Å²) in [7, 11) is -5.56. The number of hydrogen-bond donors (Lipinski definition) is 1. The molecule has 1 N–H and O–H groups in total. The van der Waals surface area contributed by atoms with Crippen LogP contribution in [-0.4, -0.2) is 29.0 Å². The number of nitro benzene ring substituents is 2. The molecule has 0 fully saturated rings. The zero-order chi connectivity index (χ0) is 26.0. The van der Waals surface area contributed by atoms with Crippen LogP contribution in [-0.2, 0) is 9.13 Å². The number of rotatable bonds is 5. The summed E-state index contributed by atoms with van der Waals surface area (Å²) in [6.45, 7) is 0. The largest absolute Gasteiger partial charge is 0.508 e. The van der Waals surface area contributed by atoms with Crippen LogP contribution in [0.5, 0.6) is 17.2 Å². The molecule has 0 aliphatic carbocycles. The highest BCUT2D eigenvalue weighted by Gasteiger charge is 2.61. The van der Waals surface area contributed by atoms with E-state index >= 15 is 0 Å². The number of phenolic OH excluding ortho intramolecular Hbond substituents is 1. The maximum atomic E-state index is 14.6. The Kier molecular flexibility index (Phi) is 5.24. The van der Waals surface area contributed by atoms with Crippen molar-refractivity contribution < 1.29 is 33.1 Å². The van der Waals surface area contributed by atoms with Crippen molar-refractivity contribution in [2.75, 3.05) is 23.4 Å². The number of non-ortho nitro benzene ring substituents is 2. The van der Waals surface area contributed by atoms with Gasteiger partial charge in [0.2, 0.25) is 0 Å². The molecule has 0 spiro atoms. The van der Waals surface area contributed by atoms with Crippen molar-refractivity contribution in [3.8, 4) is 17.2 Å². The van der Waals surface area contributed by atoms with Crippen LogP contribution >= 0.6 is 15.0 Å². The van der Waals surface area contributed by atoms with E-state index < -0.39 is 30.3 Å². The fraction of sp³-hybridized carbons (Fsp3) is 0.143. The molecule has 0 saturated heterocycles. The lowest BCUT2D eigenvalue weighted by Crippen LogP contribution is -2.23. The van der Waals surface area contributed by atoms with E-state index in [1.165, 1.54) is 84.1 Å². The molecule has 2 aliphatic heterocycles. The van der Waals surface area contributed by atoms with E-state index in [1.54, 1.807) is 0 Å². The summed E-state index contributed by atoms with van der Waals surface area (Å²) in [5, 5.41) is 30.9. The van der Waals surface area contributed by atoms with Gasteiger partial charge in [0, 0.05) is 38.4 Å². The van der Waals surface area contributed by atoms with Crippen molar-refractivity contribution in [3.63, 3.8) is 0 Å². The Labute approximate surface area is 203 Å². The third kappa shape index (κ3) is 3.39. The Balaban J connectivity index is 1.67. The summed E-state index contributed by atoms with van der Waals surface area (Å²) in [5.74, 6) is 0.0990. The van der Waals surface area contributed by atoms with E-state index in [0.717, 1.165) is 0 Å². The molecule has 2 atom stereocenters. The first kappa shape index (κ1) is 23.7. The van der Waals surface area contributed by atoms with E-state index in [4.69, 9.17) is 9.05 Å². The number of anilines is 2. The monoisotopic (exact) mass is 532 g/mol. The number of phenols is 1. The number of hydrogen-bond acceptors (Lipinski definition) is 9. The molecular formula is C21H18N4O9P2. The highest BCUT2D eigenvalue weighted by atomic mass is 31.2. The van der Waals surface area contributed by atoms with Crippen molar-refractivity contribution in [2.45, 2.75) is 5.40 Å². The first-order valence-electron chi connectivity index (χ1n) is 10.4. The lowest BCUT2D eigenvalue weighted by molar-refractivity contribution is -0.385. The lowest BCUT2D eigenvalue weighted by atomic mass is 10.2. The molecule has 0 aromatic heterocycles. The predicted molar refractivity (Wildman–Crippen MR) is 130 cm³/mol. The molecule has 186 valence electrons. The summed E-state index contributed by atoms with van der Waals surface area (Å²) in [6, 6.07) is 12.9. The zero-order valence-corrected chi connectivity index (χ0v) is 20.5. The first-order chi connectivity index (χ1) is 17.0. The van der Waals surface area contributed by atoms with Gasteiger partial charge in [-0.2, -0.15) is 0 Å². The van der Waals surface area contributed by atoms with Gasteiger partial charge in [0.05, 0.1) is 21.2 Å². The van der Waals surface area contributed by atoms with Crippen LogP contribution in [0.4, 0.5) is 22.7 Å². The topological polar surface area (TPSA) is 166 Å². The summed E-state index contributed by atoms with van der Waals surface area (Å²) < 4.78 is 43.4. The van der Waals surface area contributed by atoms with Gasteiger partial charge in [-0.15, -0.1) is 0 Å². The average molecular weight is 532 g/mol. The Morgan fingerprint density at radius 2 is 1.19 bits per heavy atom. The highest BCUT2D eigenvalue weighted by Crippen LogP contribution is 2.83. The fourth-order valence-corrected chi connectivity index (χ4v) is 10.9. The SMILES string of the molecule is CN1c2cc([N+](=O)[O-])ccc2OP1(=O)C(c1ccc(O)cc1)P1(=O)Oc2ccc([N+](=O)[O-])cc2N1C. The van der Waals surface area contributed by atoms with Crippen LogP contribution in [0.2, 0.25) is 0 Å². The molecule has 0 saturated carbocycles. The van der Waals surface area contributed by atoms with Gasteiger partial charge in [0.25, 0.3) is 11.4 Å². The maximum Gasteiger partial charge on any atom is 0.363 e. The molecule has 0 bridgehead atoms. The van der Waals surface area contributed by atoms with Gasteiger partial charge in [0.1, 0.15) is 5.75 Å². The van der Waals surface area contributed by atoms with E-state index in [1.807, 2.05) is 0 Å². The molecule has 36 heavy (non-hydrogen) atoms. The lowest BCUT2D eigenvalue weighted by Gasteiger charge is -2.34. The van der Waals surface area contributed by atoms with Crippen LogP contribution in [0.3, 0.4) is 0 Å². The number of nitrogens with zero attached hydrogens (tertiary/aromatic N) is 4. The van der Waals surface area contributed by atoms with Crippen LogP contribution in [0.15, 0.2) is 60.7 Å². The van der Waals surface area contributed by atoms with Crippen LogP contribution < -0.4 is 18.4 Å². The molecule has 3 aromatic rings. The summed E-state index contributed by atoms with van der Waals surface area (Å²) >= 11 is 0. The maximum absolute atomic E-state index is 14.6. The van der Waals surface area contributed by atoms with Gasteiger partial charge < -0.3 is 14.2 Å². The molecule has 2 unspecified atom stereocenters. The Bertz CT molecular complexity index is 1440. The number of aromatic hydroxyl groups is 1. The smallest absolute Gasteiger partial charge is 0.363 e. The Morgan fingerprint density at radius 3 is 1.58 bits per heavy atom. The molecule has 0 amide bonds. The third-order valence-corrected chi connectivity index (χ3v) is 12.7. The van der Waals surface area contributed by atoms with Crippen molar-refractivity contribution in [3.05, 3.63) is 86.5 Å². The standard InChI is InChI=1S/C21H18N4O9P2/c1-22-17-11-14(24(27)28)5-9-19(17)33-35(22,31)21(13-3-7-16(26)8-4-13)36(32)23(2)18-12-15(25(29)30)6-10-20(18)34-36/h3-12,21,26H,1-2H3. The summed E-state index contributed by atoms with van der Waals surface area (Å²) in [4.78, 5) is 21.4. The third-order valence-electron chi connectivity index (χ3n) is 6.11. The summed E-state index contributed by atoms with van der Waals surface area (Å²) in [6.07, 6.45) is 0. The van der Waals surface area contributed by atoms with E-state index in [2.05, 4.69) is 0 Å². The van der Waals surface area contributed by atoms with Gasteiger partial charge in [0.15, 0.2) is 16.9 Å². The fourth-order valence-electron chi connectivity index (χ4n) is 4.24. The quantitative estimate of drug-likeness (QED) is 0.245. The first-order valence-corrected chi connectivity index (χ1v) is 13.7. The second kappa shape index (κ2) is 7.97. The number of benzene rings is 3. The second-order valence-corrected chi connectivity index (χ2v) is 13.4. The van der Waals surface area contributed by atoms with E-state index in [9.17, 15) is 34.5 Å².